The standard InChI is InChI=1S/C7H7NO4/c9-7(10)1-6-4-2-11-3-5(4)8-12-6/h1-3H2,(H,9,10). The van der Waals surface area contributed by atoms with Gasteiger partial charge in [0.05, 0.1) is 13.2 Å². The molecule has 64 valence electrons. The molecule has 0 spiro atoms. The summed E-state index contributed by atoms with van der Waals surface area (Å²) in [5, 5.41) is 12.2. The summed E-state index contributed by atoms with van der Waals surface area (Å²) in [6.07, 6.45) is -0.119. The third-order valence-electron chi connectivity index (χ3n) is 1.75. The van der Waals surface area contributed by atoms with Gasteiger partial charge in [-0.2, -0.15) is 0 Å². The molecule has 0 atom stereocenters. The molecule has 5 heteroatoms. The first kappa shape index (κ1) is 7.30. The van der Waals surface area contributed by atoms with Crippen molar-refractivity contribution in [1.82, 2.24) is 5.16 Å². The molecule has 0 amide bonds. The minimum Gasteiger partial charge on any atom is -0.481 e. The zero-order valence-corrected chi connectivity index (χ0v) is 6.24. The van der Waals surface area contributed by atoms with Crippen LogP contribution in [-0.4, -0.2) is 16.2 Å². The number of aromatic nitrogens is 1. The summed E-state index contributed by atoms with van der Waals surface area (Å²) >= 11 is 0. The van der Waals surface area contributed by atoms with Crippen LogP contribution in [0, 0.1) is 0 Å². The van der Waals surface area contributed by atoms with E-state index in [1.54, 1.807) is 0 Å². The van der Waals surface area contributed by atoms with Crippen LogP contribution in [-0.2, 0) is 29.2 Å². The molecule has 0 aliphatic carbocycles. The molecule has 0 bridgehead atoms. The number of nitrogens with zero attached hydrogens (tertiary/aromatic N) is 1. The lowest BCUT2D eigenvalue weighted by Gasteiger charge is -1.91. The van der Waals surface area contributed by atoms with Crippen molar-refractivity contribution in [1.29, 1.82) is 0 Å². The van der Waals surface area contributed by atoms with Crippen molar-refractivity contribution < 1.29 is 19.2 Å². The van der Waals surface area contributed by atoms with Crippen molar-refractivity contribution in [3.05, 3.63) is 17.0 Å². The quantitative estimate of drug-likeness (QED) is 0.690. The normalized spacial score (nSPS) is 14.7. The van der Waals surface area contributed by atoms with E-state index in [1.807, 2.05) is 0 Å². The first-order valence-corrected chi connectivity index (χ1v) is 3.53. The van der Waals surface area contributed by atoms with Crippen LogP contribution in [0.25, 0.3) is 0 Å². The Kier molecular flexibility index (Phi) is 1.58. The fourth-order valence-electron chi connectivity index (χ4n) is 1.18. The number of carboxylic acid groups (broad SMARTS) is 1. The second-order valence-corrected chi connectivity index (χ2v) is 2.59. The van der Waals surface area contributed by atoms with E-state index in [-0.39, 0.29) is 6.42 Å². The summed E-state index contributed by atoms with van der Waals surface area (Å²) in [5.74, 6) is -0.504. The monoisotopic (exact) mass is 169 g/mol. The van der Waals surface area contributed by atoms with Gasteiger partial charge in [-0.3, -0.25) is 4.79 Å². The maximum atomic E-state index is 10.3. The molecular weight excluding hydrogens is 162 g/mol. The Labute approximate surface area is 67.9 Å². The molecule has 1 N–H and O–H groups in total. The fraction of sp³-hybridized carbons (Fsp3) is 0.429. The topological polar surface area (TPSA) is 72.6 Å². The molecule has 0 saturated carbocycles. The zero-order chi connectivity index (χ0) is 8.55. The average Bonchev–Trinajstić information content (AvgIpc) is 2.52. The van der Waals surface area contributed by atoms with Crippen molar-refractivity contribution in [2.45, 2.75) is 19.6 Å². The van der Waals surface area contributed by atoms with E-state index < -0.39 is 5.97 Å². The van der Waals surface area contributed by atoms with Crippen LogP contribution in [0.2, 0.25) is 0 Å². The Bertz CT molecular complexity index is 317. The van der Waals surface area contributed by atoms with Gasteiger partial charge in [0.2, 0.25) is 0 Å². The van der Waals surface area contributed by atoms with Crippen LogP contribution in [0.4, 0.5) is 0 Å². The second-order valence-electron chi connectivity index (χ2n) is 2.59. The number of aliphatic carboxylic acids is 1. The second kappa shape index (κ2) is 2.60. The van der Waals surface area contributed by atoms with Gasteiger partial charge in [-0.25, -0.2) is 0 Å². The van der Waals surface area contributed by atoms with Gasteiger partial charge >= 0.3 is 5.97 Å². The van der Waals surface area contributed by atoms with E-state index in [0.29, 0.717) is 19.0 Å². The fourth-order valence-corrected chi connectivity index (χ4v) is 1.18. The smallest absolute Gasteiger partial charge is 0.311 e. The molecule has 0 fully saturated rings. The van der Waals surface area contributed by atoms with Crippen molar-refractivity contribution in [2.24, 2.45) is 0 Å². The molecule has 0 radical (unpaired) electrons. The van der Waals surface area contributed by atoms with E-state index in [4.69, 9.17) is 14.4 Å². The molecule has 0 aromatic carbocycles. The minimum absolute atomic E-state index is 0.119. The van der Waals surface area contributed by atoms with E-state index in [9.17, 15) is 4.79 Å². The zero-order valence-electron chi connectivity index (χ0n) is 6.24. The Balaban J connectivity index is 2.27. The molecule has 1 aromatic rings. The van der Waals surface area contributed by atoms with Gasteiger partial charge in [-0.1, -0.05) is 5.16 Å². The summed E-state index contributed by atoms with van der Waals surface area (Å²) in [4.78, 5) is 10.3. The number of rotatable bonds is 2. The third kappa shape index (κ3) is 1.08. The van der Waals surface area contributed by atoms with Gasteiger partial charge in [-0.15, -0.1) is 0 Å². The SMILES string of the molecule is O=C(O)Cc1onc2c1COC2. The Morgan fingerprint density at radius 1 is 1.58 bits per heavy atom. The van der Waals surface area contributed by atoms with Gasteiger partial charge < -0.3 is 14.4 Å². The predicted molar refractivity (Wildman–Crippen MR) is 36.3 cm³/mol. The van der Waals surface area contributed by atoms with E-state index >= 15 is 0 Å². The van der Waals surface area contributed by atoms with Gasteiger partial charge in [0.25, 0.3) is 0 Å². The molecule has 1 aliphatic rings. The van der Waals surface area contributed by atoms with Crippen LogP contribution in [0.3, 0.4) is 0 Å². The average molecular weight is 169 g/mol. The van der Waals surface area contributed by atoms with Crippen LogP contribution in [0.5, 0.6) is 0 Å². The first-order chi connectivity index (χ1) is 5.77. The van der Waals surface area contributed by atoms with Crippen LogP contribution >= 0.6 is 0 Å². The van der Waals surface area contributed by atoms with Gasteiger partial charge in [0.1, 0.15) is 12.1 Å². The number of hydrogen-bond acceptors (Lipinski definition) is 4. The highest BCUT2D eigenvalue weighted by Crippen LogP contribution is 2.22. The van der Waals surface area contributed by atoms with Crippen molar-refractivity contribution in [2.75, 3.05) is 0 Å². The highest BCUT2D eigenvalue weighted by molar-refractivity contribution is 5.69. The van der Waals surface area contributed by atoms with E-state index in [1.165, 1.54) is 0 Å². The predicted octanol–water partition coefficient (Wildman–Crippen LogP) is 0.332. The Hall–Kier alpha value is -1.36. The number of carboxylic acids is 1. The largest absolute Gasteiger partial charge is 0.481 e. The molecule has 2 rings (SSSR count). The lowest BCUT2D eigenvalue weighted by atomic mass is 10.2. The third-order valence-corrected chi connectivity index (χ3v) is 1.75. The molecular formula is C7H7NO4. The van der Waals surface area contributed by atoms with E-state index in [0.717, 1.165) is 11.3 Å². The number of hydrogen-bond donors (Lipinski definition) is 1. The molecule has 1 aliphatic heterocycles. The van der Waals surface area contributed by atoms with Crippen LogP contribution in [0.15, 0.2) is 4.52 Å². The van der Waals surface area contributed by atoms with E-state index in [2.05, 4.69) is 5.16 Å². The summed E-state index contributed by atoms with van der Waals surface area (Å²) in [5.41, 5.74) is 1.53. The molecule has 0 unspecified atom stereocenters. The van der Waals surface area contributed by atoms with Crippen molar-refractivity contribution in [3.63, 3.8) is 0 Å². The maximum absolute atomic E-state index is 10.3. The summed E-state index contributed by atoms with van der Waals surface area (Å²) in [6.45, 7) is 0.847. The summed E-state index contributed by atoms with van der Waals surface area (Å²) in [7, 11) is 0. The highest BCUT2D eigenvalue weighted by atomic mass is 16.5. The lowest BCUT2D eigenvalue weighted by Crippen LogP contribution is -2.00. The Morgan fingerprint density at radius 3 is 3.17 bits per heavy atom. The summed E-state index contributed by atoms with van der Waals surface area (Å²) in [6, 6.07) is 0. The van der Waals surface area contributed by atoms with Crippen molar-refractivity contribution in [3.8, 4) is 0 Å². The first-order valence-electron chi connectivity index (χ1n) is 3.53. The van der Waals surface area contributed by atoms with Crippen LogP contribution < -0.4 is 0 Å². The maximum Gasteiger partial charge on any atom is 0.311 e. The minimum atomic E-state index is -0.916. The molecule has 5 nitrogen and oxygen atoms in total. The molecule has 2 heterocycles. The highest BCUT2D eigenvalue weighted by Gasteiger charge is 2.22. The van der Waals surface area contributed by atoms with Crippen molar-refractivity contribution >= 4 is 5.97 Å². The van der Waals surface area contributed by atoms with Gasteiger partial charge in [0, 0.05) is 5.56 Å². The molecule has 1 aromatic heterocycles. The molecule has 0 saturated heterocycles. The summed E-state index contributed by atoms with van der Waals surface area (Å²) < 4.78 is 9.90. The Morgan fingerprint density at radius 2 is 2.42 bits per heavy atom. The number of fused-ring (bicyclic) bond motifs is 1. The van der Waals surface area contributed by atoms with Crippen LogP contribution in [0.1, 0.15) is 17.0 Å². The van der Waals surface area contributed by atoms with Gasteiger partial charge in [0.15, 0.2) is 5.76 Å². The number of carbonyl (C=O) groups is 1. The number of ether oxygens (including phenoxy) is 1. The lowest BCUT2D eigenvalue weighted by molar-refractivity contribution is -0.136. The molecule has 12 heavy (non-hydrogen) atoms. The van der Waals surface area contributed by atoms with Gasteiger partial charge in [-0.05, 0) is 0 Å².